The molecule has 0 unspecified atom stereocenters. The molecule has 262 valence electrons. The van der Waals surface area contributed by atoms with Gasteiger partial charge in [-0.3, -0.25) is 20.0 Å². The van der Waals surface area contributed by atoms with Crippen molar-refractivity contribution in [2.75, 3.05) is 0 Å². The van der Waals surface area contributed by atoms with Crippen molar-refractivity contribution in [3.63, 3.8) is 0 Å². The number of aryl methyl sites for hydroxylation is 2. The van der Waals surface area contributed by atoms with Crippen LogP contribution in [0.5, 0.6) is 0 Å². The van der Waals surface area contributed by atoms with Crippen LogP contribution < -0.4 is 0 Å². The van der Waals surface area contributed by atoms with Gasteiger partial charge in [-0.25, -0.2) is 9.97 Å². The third-order valence-electron chi connectivity index (χ3n) is 7.18. The fourth-order valence-corrected chi connectivity index (χ4v) is 4.68. The predicted octanol–water partition coefficient (Wildman–Crippen LogP) is 12.4. The summed E-state index contributed by atoms with van der Waals surface area (Å²) in [4.78, 5) is 29.1. The van der Waals surface area contributed by atoms with E-state index in [1.807, 2.05) is 125 Å². The number of halogens is 4. The summed E-state index contributed by atoms with van der Waals surface area (Å²) >= 11 is 0.389. The van der Waals surface area contributed by atoms with Crippen LogP contribution in [0.1, 0.15) is 61.6 Å². The normalized spacial score (nSPS) is 12.2. The molecule has 0 bridgehead atoms. The third kappa shape index (κ3) is 13.2. The van der Waals surface area contributed by atoms with Gasteiger partial charge in [-0.15, -0.1) is 0 Å². The summed E-state index contributed by atoms with van der Waals surface area (Å²) in [7, 11) is 19.1. The molecule has 0 radical (unpaired) electrons. The quantitative estimate of drug-likeness (QED) is 0.115. The Hall–Kier alpha value is -3.16. The SMILES string of the molecule is CC(=Nc1ccccc1)c1cccc(C(C)=Nc2cc(C)c(N=C(C)c3cccc(C(C)=Nc4ccccc4)n3)cc2C)n1.[Cl][Fe][Cl].[Cl][Fe][Cl]. The second-order valence-electron chi connectivity index (χ2n) is 10.8. The molecular formula is C38H36Cl4Fe2N6. The van der Waals surface area contributed by atoms with Gasteiger partial charge < -0.3 is 0 Å². The first-order chi connectivity index (χ1) is 24.1. The molecule has 3 aromatic carbocycles. The second-order valence-corrected chi connectivity index (χ2v) is 14.4. The number of para-hydroxylation sites is 2. The van der Waals surface area contributed by atoms with E-state index in [1.54, 1.807) is 0 Å². The summed E-state index contributed by atoms with van der Waals surface area (Å²) in [6.45, 7) is 12.0. The van der Waals surface area contributed by atoms with Gasteiger partial charge in [0, 0.05) is 0 Å². The molecular weight excluding hydrogens is 794 g/mol. The van der Waals surface area contributed by atoms with Crippen LogP contribution in [-0.2, 0) is 26.3 Å². The van der Waals surface area contributed by atoms with Crippen LogP contribution in [0.4, 0.5) is 22.7 Å². The van der Waals surface area contributed by atoms with Gasteiger partial charge in [0.2, 0.25) is 0 Å². The van der Waals surface area contributed by atoms with E-state index in [-0.39, 0.29) is 26.3 Å². The van der Waals surface area contributed by atoms with E-state index in [2.05, 4.69) is 26.0 Å². The number of hydrogen-bond donors (Lipinski definition) is 0. The van der Waals surface area contributed by atoms with Crippen molar-refractivity contribution >= 4 is 86.0 Å². The van der Waals surface area contributed by atoms with Gasteiger partial charge >= 0.3 is 66.7 Å². The maximum absolute atomic E-state index is 4.96. The molecule has 12 heteroatoms. The van der Waals surface area contributed by atoms with Crippen molar-refractivity contribution in [2.45, 2.75) is 41.5 Å². The van der Waals surface area contributed by atoms with E-state index in [1.165, 1.54) is 0 Å². The standard InChI is InChI=1S/C38H36N6.4ClH.2Fe/c1-25-23-38(42-30(6)36-22-14-20-34(44-36)28(4)40-32-17-11-8-12-18-32)26(2)24-37(25)41-29(5)35-21-13-19-33(43-35)27(3)39-31-15-9-7-10-16-31;;;;;;/h7-24H,1-6H3;4*1H;;/q;;;;;2*+2/p-4. The molecule has 0 aliphatic heterocycles. The van der Waals surface area contributed by atoms with Crippen molar-refractivity contribution in [3.05, 3.63) is 143 Å². The zero-order valence-electron chi connectivity index (χ0n) is 28.3. The summed E-state index contributed by atoms with van der Waals surface area (Å²) in [6.07, 6.45) is 0. The van der Waals surface area contributed by atoms with Gasteiger partial charge in [0.1, 0.15) is 0 Å². The van der Waals surface area contributed by atoms with Crippen molar-refractivity contribution in [2.24, 2.45) is 20.0 Å². The number of rotatable bonds is 8. The summed E-state index contributed by atoms with van der Waals surface area (Å²) in [5, 5.41) is 0. The molecule has 0 atom stereocenters. The molecule has 2 heterocycles. The maximum atomic E-state index is 4.96. The van der Waals surface area contributed by atoms with Gasteiger partial charge in [0.25, 0.3) is 0 Å². The second kappa shape index (κ2) is 21.9. The number of benzene rings is 3. The molecule has 50 heavy (non-hydrogen) atoms. The van der Waals surface area contributed by atoms with Crippen LogP contribution in [0.25, 0.3) is 0 Å². The molecule has 2 aromatic heterocycles. The molecule has 0 N–H and O–H groups in total. The molecule has 6 nitrogen and oxygen atoms in total. The zero-order chi connectivity index (χ0) is 36.5. The Morgan fingerprint density at radius 2 is 0.720 bits per heavy atom. The van der Waals surface area contributed by atoms with E-state index >= 15 is 0 Å². The molecule has 5 aromatic rings. The Kier molecular flexibility index (Phi) is 18.1. The van der Waals surface area contributed by atoms with Crippen LogP contribution in [0.3, 0.4) is 0 Å². The van der Waals surface area contributed by atoms with E-state index in [0.29, 0.717) is 0 Å². The Morgan fingerprint density at radius 3 is 1.02 bits per heavy atom. The first kappa shape index (κ1) is 41.3. The van der Waals surface area contributed by atoms with E-state index < -0.39 is 0 Å². The first-order valence-electron chi connectivity index (χ1n) is 15.2. The summed E-state index contributed by atoms with van der Waals surface area (Å²) in [5.74, 6) is 0. The molecule has 0 aliphatic rings. The van der Waals surface area contributed by atoms with Gasteiger partial charge in [0.15, 0.2) is 0 Å². The Balaban J connectivity index is 0.00000105. The van der Waals surface area contributed by atoms with Gasteiger partial charge in [-0.05, 0) is 113 Å². The van der Waals surface area contributed by atoms with Crippen LogP contribution >= 0.6 is 40.4 Å². The van der Waals surface area contributed by atoms with Crippen molar-refractivity contribution in [3.8, 4) is 0 Å². The van der Waals surface area contributed by atoms with Crippen LogP contribution in [0.15, 0.2) is 129 Å². The number of aromatic nitrogens is 2. The number of aliphatic imine (C=N–C) groups is 4. The van der Waals surface area contributed by atoms with Crippen molar-refractivity contribution in [1.29, 1.82) is 0 Å². The number of hydrogen-bond acceptors (Lipinski definition) is 6. The molecule has 0 saturated carbocycles. The van der Waals surface area contributed by atoms with E-state index in [4.69, 9.17) is 70.3 Å². The molecule has 0 spiro atoms. The van der Waals surface area contributed by atoms with Gasteiger partial charge in [-0.1, -0.05) is 48.5 Å². The average Bonchev–Trinajstić information content (AvgIpc) is 3.12. The minimum absolute atomic E-state index is 0.194. The van der Waals surface area contributed by atoms with Crippen molar-refractivity contribution in [1.82, 2.24) is 9.97 Å². The Morgan fingerprint density at radius 1 is 0.440 bits per heavy atom. The Labute approximate surface area is 324 Å². The average molecular weight is 830 g/mol. The third-order valence-corrected chi connectivity index (χ3v) is 7.18. The van der Waals surface area contributed by atoms with Crippen LogP contribution in [0.2, 0.25) is 0 Å². The Bertz CT molecular complexity index is 1820. The summed E-state index contributed by atoms with van der Waals surface area (Å²) in [6, 6.07) is 35.9. The molecule has 0 fully saturated rings. The topological polar surface area (TPSA) is 75.2 Å². The van der Waals surface area contributed by atoms with Crippen LogP contribution in [-0.4, -0.2) is 32.8 Å². The van der Waals surface area contributed by atoms with Crippen LogP contribution in [0, 0.1) is 13.8 Å². The number of nitrogens with zero attached hydrogens (tertiary/aromatic N) is 6. The van der Waals surface area contributed by atoms with Gasteiger partial charge in [-0.2, -0.15) is 0 Å². The van der Waals surface area contributed by atoms with Crippen molar-refractivity contribution < 1.29 is 26.3 Å². The zero-order valence-corrected chi connectivity index (χ0v) is 33.5. The predicted molar refractivity (Wildman–Crippen MR) is 208 cm³/mol. The first-order valence-corrected chi connectivity index (χ1v) is 21.3. The molecule has 0 aliphatic carbocycles. The van der Waals surface area contributed by atoms with Gasteiger partial charge in [0.05, 0.1) is 68.4 Å². The van der Waals surface area contributed by atoms with E-state index in [9.17, 15) is 0 Å². The fourth-order valence-electron chi connectivity index (χ4n) is 4.68. The molecule has 0 amide bonds. The summed E-state index contributed by atoms with van der Waals surface area (Å²) < 4.78 is 0. The van der Waals surface area contributed by atoms with E-state index in [0.717, 1.165) is 79.5 Å². The monoisotopic (exact) mass is 828 g/mol. The summed E-state index contributed by atoms with van der Waals surface area (Å²) in [5.41, 5.74) is 12.3. The number of pyridine rings is 2. The minimum atomic E-state index is 0.194. The fraction of sp³-hybridized carbons (Fsp3) is 0.158. The molecule has 5 rings (SSSR count). The molecule has 0 saturated heterocycles.